The molecule has 4 aliphatic rings. The number of rotatable bonds is 4. The molecule has 9 aromatic rings. The quantitative estimate of drug-likeness (QED) is 0.165. The zero-order valence-corrected chi connectivity index (χ0v) is 34.5. The van der Waals surface area contributed by atoms with Crippen LogP contribution >= 0.6 is 23.5 Å². The van der Waals surface area contributed by atoms with Crippen molar-refractivity contribution in [3.8, 4) is 23.0 Å². The summed E-state index contributed by atoms with van der Waals surface area (Å²) in [5.74, 6) is 3.34. The van der Waals surface area contributed by atoms with E-state index in [1.54, 1.807) is 0 Å². The SMILES string of the molecule is CN1c2cc3c(cc2B2c4ccccc4Sc4cc5cc(Oc6ccccc6)ccc5c1c42)B1c2ccccc2Sc2cc4cc(Oc5ccccc5)ccc4c(c21)N3C. The summed E-state index contributed by atoms with van der Waals surface area (Å²) in [5.41, 5.74) is 13.3. The summed E-state index contributed by atoms with van der Waals surface area (Å²) in [6, 6.07) is 61.2. The second kappa shape index (κ2) is 13.0. The van der Waals surface area contributed by atoms with E-state index >= 15 is 0 Å². The van der Waals surface area contributed by atoms with Gasteiger partial charge in [-0.1, -0.05) is 113 Å². The van der Waals surface area contributed by atoms with Gasteiger partial charge in [-0.25, -0.2) is 0 Å². The molecule has 0 amide bonds. The minimum absolute atomic E-state index is 0.0904. The molecule has 0 spiro atoms. The van der Waals surface area contributed by atoms with E-state index in [2.05, 4.69) is 133 Å². The van der Waals surface area contributed by atoms with Gasteiger partial charge in [-0.05, 0) is 124 Å². The maximum Gasteiger partial charge on any atom is 0.249 e. The van der Waals surface area contributed by atoms with Crippen molar-refractivity contribution in [1.29, 1.82) is 0 Å². The first kappa shape index (κ1) is 34.4. The highest BCUT2D eigenvalue weighted by atomic mass is 32.2. The smallest absolute Gasteiger partial charge is 0.249 e. The van der Waals surface area contributed by atoms with Crippen LogP contribution in [0.2, 0.25) is 0 Å². The van der Waals surface area contributed by atoms with Crippen LogP contribution in [-0.4, -0.2) is 27.5 Å². The van der Waals surface area contributed by atoms with Gasteiger partial charge < -0.3 is 19.3 Å². The number of para-hydroxylation sites is 2. The van der Waals surface area contributed by atoms with Gasteiger partial charge in [0.2, 0.25) is 13.4 Å². The average molecular weight is 805 g/mol. The largest absolute Gasteiger partial charge is 0.457 e. The second-order valence-corrected chi connectivity index (χ2v) is 18.3. The van der Waals surface area contributed by atoms with Gasteiger partial charge in [0.15, 0.2) is 0 Å². The number of hydrogen-bond donors (Lipinski definition) is 0. The van der Waals surface area contributed by atoms with Crippen molar-refractivity contribution in [2.45, 2.75) is 19.6 Å². The maximum absolute atomic E-state index is 6.37. The van der Waals surface area contributed by atoms with Crippen LogP contribution in [0.4, 0.5) is 22.7 Å². The fourth-order valence-corrected chi connectivity index (χ4v) is 12.6. The number of ether oxygens (including phenoxy) is 2. The number of anilines is 4. The molecular formula is C52H34B2N2O2S2. The Labute approximate surface area is 357 Å². The highest BCUT2D eigenvalue weighted by molar-refractivity contribution is 8.00. The molecule has 4 aliphatic heterocycles. The minimum Gasteiger partial charge on any atom is -0.457 e. The molecule has 4 heterocycles. The van der Waals surface area contributed by atoms with E-state index in [0.29, 0.717) is 0 Å². The van der Waals surface area contributed by atoms with Crippen LogP contribution in [-0.2, 0) is 0 Å². The Hall–Kier alpha value is -6.47. The summed E-state index contributed by atoms with van der Waals surface area (Å²) < 4.78 is 12.7. The molecule has 282 valence electrons. The van der Waals surface area contributed by atoms with Gasteiger partial charge in [0.25, 0.3) is 0 Å². The van der Waals surface area contributed by atoms with Gasteiger partial charge in [0, 0.05) is 67.2 Å². The summed E-state index contributed by atoms with van der Waals surface area (Å²) >= 11 is 3.79. The Kier molecular flexibility index (Phi) is 7.46. The Bertz CT molecular complexity index is 3070. The summed E-state index contributed by atoms with van der Waals surface area (Å²) in [6.45, 7) is 0.181. The first-order valence-corrected chi connectivity index (χ1v) is 22.0. The van der Waals surface area contributed by atoms with Crippen LogP contribution in [0.15, 0.2) is 189 Å². The standard InChI is InChI=1S/C52H34B2N2O2S2/c1-55-43-30-44-42(54-40-18-10-12-20-46(40)60-48-28-32-26-36(58-34-15-7-4-8-16-34)22-24-38(32)52(50(48)54)56(44)2)29-41(43)53-39-17-9-11-19-45(39)59-47-27-31-25-35(57-33-13-5-3-6-14-33)21-23-37(31)51(55)49(47)53/h3-30H,1-2H3. The lowest BCUT2D eigenvalue weighted by Crippen LogP contribution is -2.64. The van der Waals surface area contributed by atoms with Crippen molar-refractivity contribution in [1.82, 2.24) is 0 Å². The summed E-state index contributed by atoms with van der Waals surface area (Å²) in [5, 5.41) is 4.80. The third-order valence-corrected chi connectivity index (χ3v) is 15.1. The van der Waals surface area contributed by atoms with E-state index in [1.165, 1.54) is 96.7 Å². The molecule has 60 heavy (non-hydrogen) atoms. The lowest BCUT2D eigenvalue weighted by atomic mass is 9.31. The van der Waals surface area contributed by atoms with Crippen LogP contribution in [0.3, 0.4) is 0 Å². The van der Waals surface area contributed by atoms with E-state index in [4.69, 9.17) is 9.47 Å². The summed E-state index contributed by atoms with van der Waals surface area (Å²) in [6.07, 6.45) is 0. The Morgan fingerprint density at radius 3 is 1.28 bits per heavy atom. The van der Waals surface area contributed by atoms with Crippen LogP contribution in [0.1, 0.15) is 0 Å². The Morgan fingerprint density at radius 1 is 0.383 bits per heavy atom. The molecule has 0 saturated heterocycles. The van der Waals surface area contributed by atoms with Crippen molar-refractivity contribution >= 4 is 114 Å². The van der Waals surface area contributed by atoms with Crippen molar-refractivity contribution in [2.75, 3.05) is 23.9 Å². The topological polar surface area (TPSA) is 24.9 Å². The first-order valence-electron chi connectivity index (χ1n) is 20.4. The third-order valence-electron chi connectivity index (χ3n) is 12.8. The number of fused-ring (bicyclic) bond motifs is 12. The summed E-state index contributed by atoms with van der Waals surface area (Å²) in [7, 11) is 4.53. The van der Waals surface area contributed by atoms with E-state index in [9.17, 15) is 0 Å². The van der Waals surface area contributed by atoms with Gasteiger partial charge in [-0.15, -0.1) is 0 Å². The van der Waals surface area contributed by atoms with Crippen LogP contribution < -0.4 is 52.1 Å². The van der Waals surface area contributed by atoms with Gasteiger partial charge >= 0.3 is 0 Å². The molecule has 0 atom stereocenters. The molecule has 0 radical (unpaired) electrons. The van der Waals surface area contributed by atoms with E-state index < -0.39 is 0 Å². The highest BCUT2D eigenvalue weighted by Gasteiger charge is 2.45. The van der Waals surface area contributed by atoms with Gasteiger partial charge in [0.05, 0.1) is 0 Å². The molecule has 0 unspecified atom stereocenters. The molecule has 8 heteroatoms. The third kappa shape index (κ3) is 5.04. The first-order chi connectivity index (χ1) is 29.6. The number of hydrogen-bond acceptors (Lipinski definition) is 6. The lowest BCUT2D eigenvalue weighted by Gasteiger charge is -2.43. The summed E-state index contributed by atoms with van der Waals surface area (Å²) in [4.78, 5) is 10.2. The second-order valence-electron chi connectivity index (χ2n) is 16.1. The average Bonchev–Trinajstić information content (AvgIpc) is 3.28. The Morgan fingerprint density at radius 2 is 0.817 bits per heavy atom. The molecule has 0 fully saturated rings. The predicted octanol–water partition coefficient (Wildman–Crippen LogP) is 9.70. The van der Waals surface area contributed by atoms with Crippen LogP contribution in [0.5, 0.6) is 23.0 Å². The molecule has 0 aromatic heterocycles. The van der Waals surface area contributed by atoms with Crippen molar-refractivity contribution in [3.05, 3.63) is 170 Å². The molecule has 13 rings (SSSR count). The zero-order chi connectivity index (χ0) is 39.6. The van der Waals surface area contributed by atoms with E-state index in [-0.39, 0.29) is 13.4 Å². The van der Waals surface area contributed by atoms with Crippen molar-refractivity contribution in [2.24, 2.45) is 0 Å². The zero-order valence-electron chi connectivity index (χ0n) is 32.8. The molecule has 0 aliphatic carbocycles. The van der Waals surface area contributed by atoms with Gasteiger partial charge in [-0.3, -0.25) is 0 Å². The molecule has 0 saturated carbocycles. The molecule has 4 nitrogen and oxygen atoms in total. The molecular weight excluding hydrogens is 770 g/mol. The fourth-order valence-electron chi connectivity index (χ4n) is 10.3. The Balaban J connectivity index is 1.02. The van der Waals surface area contributed by atoms with Crippen molar-refractivity contribution in [3.63, 3.8) is 0 Å². The number of benzene rings is 9. The van der Waals surface area contributed by atoms with E-state index in [1.807, 2.05) is 84.2 Å². The minimum atomic E-state index is 0.0904. The highest BCUT2D eigenvalue weighted by Crippen LogP contribution is 2.46. The van der Waals surface area contributed by atoms with Gasteiger partial charge in [-0.2, -0.15) is 0 Å². The normalized spacial score (nSPS) is 13.9. The van der Waals surface area contributed by atoms with Crippen LogP contribution in [0, 0.1) is 0 Å². The molecule has 9 aromatic carbocycles. The number of nitrogens with zero attached hydrogens (tertiary/aromatic N) is 2. The van der Waals surface area contributed by atoms with Gasteiger partial charge in [0.1, 0.15) is 23.0 Å². The maximum atomic E-state index is 6.37. The molecule has 0 N–H and O–H groups in total. The molecule has 0 bridgehead atoms. The van der Waals surface area contributed by atoms with Crippen LogP contribution in [0.25, 0.3) is 21.5 Å². The van der Waals surface area contributed by atoms with E-state index in [0.717, 1.165) is 23.0 Å². The van der Waals surface area contributed by atoms with Crippen molar-refractivity contribution < 1.29 is 9.47 Å². The monoisotopic (exact) mass is 804 g/mol. The predicted molar refractivity (Wildman–Crippen MR) is 254 cm³/mol. The lowest BCUT2D eigenvalue weighted by molar-refractivity contribution is 0.483. The fraction of sp³-hybridized carbons (Fsp3) is 0.0385.